The van der Waals surface area contributed by atoms with E-state index < -0.39 is 0 Å². The van der Waals surface area contributed by atoms with Crippen LogP contribution in [0.25, 0.3) is 11.0 Å². The number of nitrogens with one attached hydrogen (secondary N) is 1. The van der Waals surface area contributed by atoms with Crippen LogP contribution < -0.4 is 5.56 Å². The molecule has 0 saturated heterocycles. The largest absolute Gasteiger partial charge is 0.310 e. The fourth-order valence-corrected chi connectivity index (χ4v) is 1.18. The molecule has 0 amide bonds. The maximum atomic E-state index is 11.3. The van der Waals surface area contributed by atoms with Gasteiger partial charge in [-0.2, -0.15) is 0 Å². The molecule has 0 aliphatic carbocycles. The van der Waals surface area contributed by atoms with Crippen LogP contribution in [0, 0.1) is 6.92 Å². The van der Waals surface area contributed by atoms with Gasteiger partial charge >= 0.3 is 0 Å². The van der Waals surface area contributed by atoms with E-state index in [1.54, 1.807) is 6.92 Å². The number of H-pyrrole nitrogens is 1. The Balaban J connectivity index is 2.95. The Morgan fingerprint density at radius 1 is 1.46 bits per heavy atom. The normalized spacial score (nSPS) is 10.6. The van der Waals surface area contributed by atoms with E-state index in [0.717, 1.165) is 0 Å². The van der Waals surface area contributed by atoms with E-state index in [2.05, 4.69) is 20.2 Å². The molecule has 0 bridgehead atoms. The molecule has 0 aliphatic rings. The van der Waals surface area contributed by atoms with Crippen LogP contribution in [0.2, 0.25) is 5.15 Å². The Bertz CT molecular complexity index is 521. The third-order valence-corrected chi connectivity index (χ3v) is 1.74. The van der Waals surface area contributed by atoms with Gasteiger partial charge < -0.3 is 4.98 Å². The summed E-state index contributed by atoms with van der Waals surface area (Å²) in [6, 6.07) is 1.44. The van der Waals surface area contributed by atoms with Crippen LogP contribution in [0.4, 0.5) is 0 Å². The van der Waals surface area contributed by atoms with Crippen molar-refractivity contribution in [1.82, 2.24) is 20.2 Å². The minimum Gasteiger partial charge on any atom is -0.310 e. The molecule has 0 radical (unpaired) electrons. The molecule has 1 N–H and O–H groups in total. The van der Waals surface area contributed by atoms with Gasteiger partial charge in [0.25, 0.3) is 5.56 Å². The van der Waals surface area contributed by atoms with Crippen molar-refractivity contribution >= 4 is 22.6 Å². The van der Waals surface area contributed by atoms with Crippen LogP contribution >= 0.6 is 11.6 Å². The molecular weight excluding hydrogens is 192 g/mol. The number of rotatable bonds is 0. The van der Waals surface area contributed by atoms with E-state index in [1.165, 1.54) is 6.07 Å². The van der Waals surface area contributed by atoms with Gasteiger partial charge in [-0.3, -0.25) is 4.79 Å². The highest BCUT2D eigenvalue weighted by molar-refractivity contribution is 6.29. The molecule has 0 aliphatic heterocycles. The molecule has 0 saturated carbocycles. The molecule has 6 heteroatoms. The lowest BCUT2D eigenvalue weighted by molar-refractivity contribution is 0.991. The maximum absolute atomic E-state index is 11.3. The first-order valence-electron chi connectivity index (χ1n) is 3.56. The zero-order chi connectivity index (χ0) is 9.42. The lowest BCUT2D eigenvalue weighted by Crippen LogP contribution is -2.10. The molecular formula is C7H5ClN4O. The summed E-state index contributed by atoms with van der Waals surface area (Å²) in [5.41, 5.74) is 0.0601. The van der Waals surface area contributed by atoms with Crippen LogP contribution in [-0.4, -0.2) is 20.2 Å². The van der Waals surface area contributed by atoms with Gasteiger partial charge in [-0.1, -0.05) is 11.6 Å². The van der Waals surface area contributed by atoms with Crippen LogP contribution in [0.3, 0.4) is 0 Å². The minimum atomic E-state index is -0.251. The Morgan fingerprint density at radius 3 is 3.00 bits per heavy atom. The molecule has 5 nitrogen and oxygen atoms in total. The second-order valence-electron chi connectivity index (χ2n) is 2.56. The van der Waals surface area contributed by atoms with Gasteiger partial charge in [0.1, 0.15) is 5.82 Å². The van der Waals surface area contributed by atoms with Crippen molar-refractivity contribution in [1.29, 1.82) is 0 Å². The number of hydrogen-bond donors (Lipinski definition) is 1. The Kier molecular flexibility index (Phi) is 1.73. The van der Waals surface area contributed by atoms with Crippen LogP contribution in [-0.2, 0) is 0 Å². The summed E-state index contributed by atoms with van der Waals surface area (Å²) in [7, 11) is 0. The average Bonchev–Trinajstić information content (AvgIpc) is 2.06. The summed E-state index contributed by atoms with van der Waals surface area (Å²) >= 11 is 5.58. The Hall–Kier alpha value is -1.49. The molecule has 2 rings (SSSR count). The average molecular weight is 197 g/mol. The minimum absolute atomic E-state index is 0.184. The Morgan fingerprint density at radius 2 is 2.23 bits per heavy atom. The summed E-state index contributed by atoms with van der Waals surface area (Å²) in [5.74, 6) is 0.508. The molecule has 0 fully saturated rings. The van der Waals surface area contributed by atoms with Crippen molar-refractivity contribution in [3.63, 3.8) is 0 Å². The van der Waals surface area contributed by atoms with Crippen molar-refractivity contribution in [2.45, 2.75) is 6.92 Å². The van der Waals surface area contributed by atoms with Crippen molar-refractivity contribution in [2.75, 3.05) is 0 Å². The standard InChI is InChI=1S/C7H5ClN4O/c1-3-9-6-4(7(13)10-3)2-5(8)11-12-6/h2H,1H3,(H,9,10,12,13). The summed E-state index contributed by atoms with van der Waals surface area (Å²) in [6.45, 7) is 1.68. The molecule has 0 spiro atoms. The van der Waals surface area contributed by atoms with Gasteiger partial charge in [0.2, 0.25) is 0 Å². The van der Waals surface area contributed by atoms with E-state index >= 15 is 0 Å². The van der Waals surface area contributed by atoms with E-state index in [1.807, 2.05) is 0 Å². The highest BCUT2D eigenvalue weighted by Crippen LogP contribution is 2.07. The van der Waals surface area contributed by atoms with Crippen LogP contribution in [0.1, 0.15) is 5.82 Å². The first kappa shape index (κ1) is 8.12. The summed E-state index contributed by atoms with van der Waals surface area (Å²) in [5, 5.41) is 7.82. The first-order valence-corrected chi connectivity index (χ1v) is 3.94. The topological polar surface area (TPSA) is 71.5 Å². The molecule has 0 aromatic carbocycles. The SMILES string of the molecule is Cc1nc2nnc(Cl)cc2c(=O)[nH]1. The molecule has 2 heterocycles. The van der Waals surface area contributed by atoms with Crippen LogP contribution in [0.15, 0.2) is 10.9 Å². The number of aryl methyl sites for hydroxylation is 1. The number of hydrogen-bond acceptors (Lipinski definition) is 4. The maximum Gasteiger partial charge on any atom is 0.260 e. The number of nitrogens with zero attached hydrogens (tertiary/aromatic N) is 3. The molecule has 13 heavy (non-hydrogen) atoms. The van der Waals surface area contributed by atoms with Crippen molar-refractivity contribution < 1.29 is 0 Å². The zero-order valence-electron chi connectivity index (χ0n) is 6.71. The summed E-state index contributed by atoms with van der Waals surface area (Å²) in [6.07, 6.45) is 0. The monoisotopic (exact) mass is 196 g/mol. The van der Waals surface area contributed by atoms with Gasteiger partial charge in [0.05, 0.1) is 5.39 Å². The van der Waals surface area contributed by atoms with Gasteiger partial charge in [-0.15, -0.1) is 10.2 Å². The van der Waals surface area contributed by atoms with Crippen molar-refractivity contribution in [2.24, 2.45) is 0 Å². The summed E-state index contributed by atoms with van der Waals surface area (Å²) < 4.78 is 0. The van der Waals surface area contributed by atoms with E-state index in [9.17, 15) is 4.79 Å². The smallest absolute Gasteiger partial charge is 0.260 e. The lowest BCUT2D eigenvalue weighted by atomic mass is 10.4. The van der Waals surface area contributed by atoms with Crippen molar-refractivity contribution in [3.8, 4) is 0 Å². The fraction of sp³-hybridized carbons (Fsp3) is 0.143. The lowest BCUT2D eigenvalue weighted by Gasteiger charge is -1.95. The van der Waals surface area contributed by atoms with E-state index in [-0.39, 0.29) is 10.7 Å². The van der Waals surface area contributed by atoms with E-state index in [0.29, 0.717) is 16.9 Å². The zero-order valence-corrected chi connectivity index (χ0v) is 7.46. The van der Waals surface area contributed by atoms with Gasteiger partial charge in [-0.05, 0) is 13.0 Å². The number of halogens is 1. The second kappa shape index (κ2) is 2.77. The van der Waals surface area contributed by atoms with Gasteiger partial charge in [0, 0.05) is 0 Å². The number of aromatic nitrogens is 4. The van der Waals surface area contributed by atoms with Gasteiger partial charge in [0.15, 0.2) is 10.8 Å². The third kappa shape index (κ3) is 1.38. The fourth-order valence-electron chi connectivity index (χ4n) is 1.03. The van der Waals surface area contributed by atoms with E-state index in [4.69, 9.17) is 11.6 Å². The van der Waals surface area contributed by atoms with Crippen molar-refractivity contribution in [3.05, 3.63) is 27.4 Å². The first-order chi connectivity index (χ1) is 6.16. The highest BCUT2D eigenvalue weighted by Gasteiger charge is 2.03. The predicted octanol–water partition coefficient (Wildman–Crippen LogP) is 0.675. The van der Waals surface area contributed by atoms with Gasteiger partial charge in [-0.25, -0.2) is 4.98 Å². The molecule has 66 valence electrons. The Labute approximate surface area is 77.8 Å². The summed E-state index contributed by atoms with van der Waals surface area (Å²) in [4.78, 5) is 17.9. The quantitative estimate of drug-likeness (QED) is 0.673. The molecule has 0 atom stereocenters. The predicted molar refractivity (Wildman–Crippen MR) is 47.7 cm³/mol. The highest BCUT2D eigenvalue weighted by atomic mass is 35.5. The molecule has 2 aromatic heterocycles. The second-order valence-corrected chi connectivity index (χ2v) is 2.94. The van der Waals surface area contributed by atoms with Crippen LogP contribution in [0.5, 0.6) is 0 Å². The number of aromatic amines is 1. The third-order valence-electron chi connectivity index (χ3n) is 1.56. The number of fused-ring (bicyclic) bond motifs is 1. The molecule has 2 aromatic rings. The molecule has 0 unspecified atom stereocenters.